The third-order valence-electron chi connectivity index (χ3n) is 1.94. The lowest BCUT2D eigenvalue weighted by molar-refractivity contribution is 0.174. The third kappa shape index (κ3) is 2.30. The van der Waals surface area contributed by atoms with Gasteiger partial charge < -0.3 is 10.5 Å². The molecule has 0 saturated carbocycles. The Labute approximate surface area is 84.2 Å². The van der Waals surface area contributed by atoms with E-state index in [4.69, 9.17) is 10.5 Å². The minimum absolute atomic E-state index is 0.100. The first-order valence-corrected chi connectivity index (χ1v) is 4.62. The maximum absolute atomic E-state index is 5.92. The summed E-state index contributed by atoms with van der Waals surface area (Å²) >= 11 is 0. The smallest absolute Gasteiger partial charge is 0.0784 e. The molecule has 80 valence electrons. The van der Waals surface area contributed by atoms with Crippen LogP contribution in [0.1, 0.15) is 32.5 Å². The topological polar surface area (TPSA) is 66.0 Å². The van der Waals surface area contributed by atoms with E-state index in [1.54, 1.807) is 13.3 Å². The van der Waals surface area contributed by atoms with Gasteiger partial charge in [0.15, 0.2) is 0 Å². The second-order valence-corrected chi connectivity index (χ2v) is 4.30. The Morgan fingerprint density at radius 3 is 2.71 bits per heavy atom. The quantitative estimate of drug-likeness (QED) is 0.775. The van der Waals surface area contributed by atoms with E-state index < -0.39 is 0 Å². The molecule has 1 atom stereocenters. The largest absolute Gasteiger partial charge is 0.383 e. The van der Waals surface area contributed by atoms with E-state index in [0.29, 0.717) is 6.61 Å². The third-order valence-corrected chi connectivity index (χ3v) is 1.94. The lowest BCUT2D eigenvalue weighted by Crippen LogP contribution is -2.29. The number of aromatic nitrogens is 3. The zero-order valence-electron chi connectivity index (χ0n) is 9.19. The van der Waals surface area contributed by atoms with Crippen molar-refractivity contribution in [2.45, 2.75) is 32.4 Å². The summed E-state index contributed by atoms with van der Waals surface area (Å²) in [5.41, 5.74) is 6.72. The Morgan fingerprint density at radius 2 is 2.21 bits per heavy atom. The molecule has 0 aromatic carbocycles. The van der Waals surface area contributed by atoms with Crippen molar-refractivity contribution < 1.29 is 4.74 Å². The van der Waals surface area contributed by atoms with E-state index in [0.717, 1.165) is 5.69 Å². The average Bonchev–Trinajstić information content (AvgIpc) is 2.50. The first kappa shape index (κ1) is 11.1. The highest BCUT2D eigenvalue weighted by atomic mass is 16.5. The van der Waals surface area contributed by atoms with Gasteiger partial charge in [0.2, 0.25) is 0 Å². The van der Waals surface area contributed by atoms with Crippen molar-refractivity contribution in [3.05, 3.63) is 11.9 Å². The Bertz CT molecular complexity index is 289. The predicted octanol–water partition coefficient (Wildman–Crippen LogP) is 0.679. The van der Waals surface area contributed by atoms with E-state index in [1.807, 2.05) is 4.68 Å². The summed E-state index contributed by atoms with van der Waals surface area (Å²) in [5.74, 6) is 0. The van der Waals surface area contributed by atoms with E-state index in [9.17, 15) is 0 Å². The van der Waals surface area contributed by atoms with Gasteiger partial charge in [-0.25, -0.2) is 4.68 Å². The minimum atomic E-state index is -0.172. The predicted molar refractivity (Wildman–Crippen MR) is 53.8 cm³/mol. The van der Waals surface area contributed by atoms with Crippen molar-refractivity contribution in [2.24, 2.45) is 5.73 Å². The number of ether oxygens (including phenoxy) is 1. The fraction of sp³-hybridized carbons (Fsp3) is 0.778. The van der Waals surface area contributed by atoms with E-state index in [1.165, 1.54) is 0 Å². The molecule has 1 aromatic heterocycles. The van der Waals surface area contributed by atoms with Crippen LogP contribution in [0.4, 0.5) is 0 Å². The van der Waals surface area contributed by atoms with Crippen LogP contribution in [0.3, 0.4) is 0 Å². The molecule has 1 unspecified atom stereocenters. The van der Waals surface area contributed by atoms with E-state index in [-0.39, 0.29) is 11.6 Å². The summed E-state index contributed by atoms with van der Waals surface area (Å²) < 4.78 is 6.83. The molecule has 1 heterocycles. The number of methoxy groups -OCH3 is 1. The van der Waals surface area contributed by atoms with Gasteiger partial charge in [-0.3, -0.25) is 0 Å². The SMILES string of the molecule is COCC(N)c1cnnn1C(C)(C)C. The molecule has 0 aliphatic carbocycles. The van der Waals surface area contributed by atoms with Gasteiger partial charge in [0.25, 0.3) is 0 Å². The number of nitrogens with zero attached hydrogens (tertiary/aromatic N) is 3. The van der Waals surface area contributed by atoms with Crippen LogP contribution in [0.25, 0.3) is 0 Å². The molecule has 0 bridgehead atoms. The Morgan fingerprint density at radius 1 is 1.57 bits per heavy atom. The Kier molecular flexibility index (Phi) is 3.23. The van der Waals surface area contributed by atoms with E-state index in [2.05, 4.69) is 31.1 Å². The van der Waals surface area contributed by atoms with Crippen LogP contribution in [-0.4, -0.2) is 28.7 Å². The maximum Gasteiger partial charge on any atom is 0.0784 e. The van der Waals surface area contributed by atoms with Crippen molar-refractivity contribution in [3.63, 3.8) is 0 Å². The summed E-state index contributed by atoms with van der Waals surface area (Å²) in [6.07, 6.45) is 1.69. The fourth-order valence-electron chi connectivity index (χ4n) is 1.28. The highest BCUT2D eigenvalue weighted by Gasteiger charge is 2.21. The summed E-state index contributed by atoms with van der Waals surface area (Å²) in [4.78, 5) is 0. The van der Waals surface area contributed by atoms with Gasteiger partial charge >= 0.3 is 0 Å². The first-order chi connectivity index (χ1) is 6.46. The average molecular weight is 198 g/mol. The van der Waals surface area contributed by atoms with Crippen LogP contribution < -0.4 is 5.73 Å². The second-order valence-electron chi connectivity index (χ2n) is 4.30. The highest BCUT2D eigenvalue weighted by molar-refractivity contribution is 5.03. The van der Waals surface area contributed by atoms with Crippen LogP contribution in [0.15, 0.2) is 6.20 Å². The lowest BCUT2D eigenvalue weighted by Gasteiger charge is -2.23. The normalized spacial score (nSPS) is 14.4. The Balaban J connectivity index is 2.93. The molecule has 5 nitrogen and oxygen atoms in total. The highest BCUT2D eigenvalue weighted by Crippen LogP contribution is 2.18. The minimum Gasteiger partial charge on any atom is -0.383 e. The summed E-state index contributed by atoms with van der Waals surface area (Å²) in [6, 6.07) is -0.172. The molecule has 0 fully saturated rings. The zero-order valence-corrected chi connectivity index (χ0v) is 9.19. The van der Waals surface area contributed by atoms with Crippen LogP contribution in [0.2, 0.25) is 0 Å². The molecular formula is C9H18N4O. The second kappa shape index (κ2) is 4.06. The molecule has 1 rings (SSSR count). The Hall–Kier alpha value is -0.940. The summed E-state index contributed by atoms with van der Waals surface area (Å²) in [5, 5.41) is 7.89. The van der Waals surface area contributed by atoms with Crippen molar-refractivity contribution >= 4 is 0 Å². The molecule has 0 spiro atoms. The van der Waals surface area contributed by atoms with Gasteiger partial charge in [-0.15, -0.1) is 5.10 Å². The number of hydrogen-bond donors (Lipinski definition) is 1. The molecule has 14 heavy (non-hydrogen) atoms. The zero-order chi connectivity index (χ0) is 10.8. The van der Waals surface area contributed by atoms with Gasteiger partial charge in [0.05, 0.1) is 30.1 Å². The number of rotatable bonds is 3. The standard InChI is InChI=1S/C9H18N4O/c1-9(2,3)13-8(5-11-12-13)7(10)6-14-4/h5,7H,6,10H2,1-4H3. The lowest BCUT2D eigenvalue weighted by atomic mass is 10.1. The molecule has 0 aliphatic heterocycles. The van der Waals surface area contributed by atoms with Crippen molar-refractivity contribution in [3.8, 4) is 0 Å². The molecule has 0 radical (unpaired) electrons. The van der Waals surface area contributed by atoms with Gasteiger partial charge in [0, 0.05) is 7.11 Å². The van der Waals surface area contributed by atoms with Gasteiger partial charge in [-0.1, -0.05) is 5.21 Å². The van der Waals surface area contributed by atoms with Crippen LogP contribution in [0, 0.1) is 0 Å². The van der Waals surface area contributed by atoms with Crippen LogP contribution in [0.5, 0.6) is 0 Å². The fourth-order valence-corrected chi connectivity index (χ4v) is 1.28. The van der Waals surface area contributed by atoms with Gasteiger partial charge in [-0.2, -0.15) is 0 Å². The molecule has 2 N–H and O–H groups in total. The molecule has 0 saturated heterocycles. The molecule has 0 aliphatic rings. The molecule has 1 aromatic rings. The molecular weight excluding hydrogens is 180 g/mol. The van der Waals surface area contributed by atoms with Crippen molar-refractivity contribution in [1.82, 2.24) is 15.0 Å². The molecule has 0 amide bonds. The molecule has 5 heteroatoms. The first-order valence-electron chi connectivity index (χ1n) is 4.62. The van der Waals surface area contributed by atoms with Crippen molar-refractivity contribution in [1.29, 1.82) is 0 Å². The number of hydrogen-bond acceptors (Lipinski definition) is 4. The number of nitrogens with two attached hydrogens (primary N) is 1. The van der Waals surface area contributed by atoms with Gasteiger partial charge in [-0.05, 0) is 20.8 Å². The van der Waals surface area contributed by atoms with Crippen LogP contribution in [-0.2, 0) is 10.3 Å². The summed E-state index contributed by atoms with van der Waals surface area (Å²) in [7, 11) is 1.63. The van der Waals surface area contributed by atoms with Crippen LogP contribution >= 0.6 is 0 Å². The summed E-state index contributed by atoms with van der Waals surface area (Å²) in [6.45, 7) is 6.66. The monoisotopic (exact) mass is 198 g/mol. The van der Waals surface area contributed by atoms with Gasteiger partial charge in [0.1, 0.15) is 0 Å². The van der Waals surface area contributed by atoms with E-state index >= 15 is 0 Å². The van der Waals surface area contributed by atoms with Crippen molar-refractivity contribution in [2.75, 3.05) is 13.7 Å². The maximum atomic E-state index is 5.92.